The number of nitriles is 1. The second kappa shape index (κ2) is 7.18. The lowest BCUT2D eigenvalue weighted by Gasteiger charge is -2.31. The number of hydrogen-bond donors (Lipinski definition) is 1. The first kappa shape index (κ1) is 18.2. The van der Waals surface area contributed by atoms with Crippen LogP contribution >= 0.6 is 0 Å². The number of anilines is 2. The van der Waals surface area contributed by atoms with Crippen LogP contribution in [-0.4, -0.2) is 33.8 Å². The molecular weight excluding hydrogens is 318 g/mol. The van der Waals surface area contributed by atoms with Gasteiger partial charge in [-0.15, -0.1) is 0 Å². The standard InChI is InChI=1S/C18H21N5O2/c1-18(2,3)23(17(24)25)16-11-20-14(10-21-16)12-22(4)15-7-5-13(9-19)6-8-15/h5-8,10-11H,12H2,1-4H3,(H,24,25). The molecule has 2 rings (SSSR count). The van der Waals surface area contributed by atoms with Crippen LogP contribution in [0.4, 0.5) is 16.3 Å². The molecule has 0 atom stereocenters. The van der Waals surface area contributed by atoms with Gasteiger partial charge in [-0.25, -0.2) is 9.78 Å². The van der Waals surface area contributed by atoms with Gasteiger partial charge in [0.15, 0.2) is 5.82 Å². The number of benzene rings is 1. The highest BCUT2D eigenvalue weighted by Crippen LogP contribution is 2.22. The number of hydrogen-bond acceptors (Lipinski definition) is 5. The summed E-state index contributed by atoms with van der Waals surface area (Å²) in [6.07, 6.45) is 1.99. The van der Waals surface area contributed by atoms with Crippen LogP contribution in [0.25, 0.3) is 0 Å². The third-order valence-corrected chi connectivity index (χ3v) is 3.62. The molecule has 0 radical (unpaired) electrons. The van der Waals surface area contributed by atoms with Crippen LogP contribution in [0.1, 0.15) is 32.0 Å². The molecule has 0 unspecified atom stereocenters. The molecule has 130 valence electrons. The maximum atomic E-state index is 11.5. The molecule has 25 heavy (non-hydrogen) atoms. The van der Waals surface area contributed by atoms with Crippen molar-refractivity contribution in [3.63, 3.8) is 0 Å². The van der Waals surface area contributed by atoms with Crippen molar-refractivity contribution in [1.82, 2.24) is 9.97 Å². The Labute approximate surface area is 147 Å². The van der Waals surface area contributed by atoms with E-state index in [-0.39, 0.29) is 0 Å². The Balaban J connectivity index is 2.14. The lowest BCUT2D eigenvalue weighted by atomic mass is 10.1. The van der Waals surface area contributed by atoms with Crippen molar-refractivity contribution in [2.75, 3.05) is 16.8 Å². The average Bonchev–Trinajstić information content (AvgIpc) is 2.55. The summed E-state index contributed by atoms with van der Waals surface area (Å²) in [6.45, 7) is 5.92. The summed E-state index contributed by atoms with van der Waals surface area (Å²) in [7, 11) is 1.91. The third-order valence-electron chi connectivity index (χ3n) is 3.62. The summed E-state index contributed by atoms with van der Waals surface area (Å²) < 4.78 is 0. The van der Waals surface area contributed by atoms with Gasteiger partial charge in [0.05, 0.1) is 36.3 Å². The molecule has 1 amide bonds. The summed E-state index contributed by atoms with van der Waals surface area (Å²) in [6, 6.07) is 9.34. The van der Waals surface area contributed by atoms with E-state index in [9.17, 15) is 9.90 Å². The molecule has 0 fully saturated rings. The Morgan fingerprint density at radius 2 is 1.84 bits per heavy atom. The number of carboxylic acid groups (broad SMARTS) is 1. The summed E-state index contributed by atoms with van der Waals surface area (Å²) in [5.74, 6) is 0.296. The fourth-order valence-corrected chi connectivity index (χ4v) is 2.40. The average molecular weight is 339 g/mol. The zero-order valence-corrected chi connectivity index (χ0v) is 14.8. The first-order valence-corrected chi connectivity index (χ1v) is 7.78. The molecule has 1 heterocycles. The fourth-order valence-electron chi connectivity index (χ4n) is 2.40. The van der Waals surface area contributed by atoms with Crippen LogP contribution in [0, 0.1) is 11.3 Å². The molecular formula is C18H21N5O2. The topological polar surface area (TPSA) is 93.3 Å². The minimum Gasteiger partial charge on any atom is -0.465 e. The lowest BCUT2D eigenvalue weighted by molar-refractivity contribution is 0.195. The fraction of sp³-hybridized carbons (Fsp3) is 0.333. The van der Waals surface area contributed by atoms with Crippen LogP contribution in [0.5, 0.6) is 0 Å². The van der Waals surface area contributed by atoms with Gasteiger partial charge in [-0.2, -0.15) is 5.26 Å². The van der Waals surface area contributed by atoms with Gasteiger partial charge in [0.2, 0.25) is 0 Å². The third kappa shape index (κ3) is 4.44. The second-order valence-corrected chi connectivity index (χ2v) is 6.67. The van der Waals surface area contributed by atoms with Crippen molar-refractivity contribution in [1.29, 1.82) is 5.26 Å². The smallest absolute Gasteiger partial charge is 0.413 e. The maximum absolute atomic E-state index is 11.5. The second-order valence-electron chi connectivity index (χ2n) is 6.67. The van der Waals surface area contributed by atoms with E-state index in [1.165, 1.54) is 11.1 Å². The monoisotopic (exact) mass is 339 g/mol. The molecule has 1 aromatic heterocycles. The van der Waals surface area contributed by atoms with Crippen molar-refractivity contribution in [2.24, 2.45) is 0 Å². The van der Waals surface area contributed by atoms with Gasteiger partial charge < -0.3 is 10.0 Å². The first-order valence-electron chi connectivity index (χ1n) is 7.78. The highest BCUT2D eigenvalue weighted by atomic mass is 16.4. The largest absolute Gasteiger partial charge is 0.465 e. The maximum Gasteiger partial charge on any atom is 0.413 e. The predicted molar refractivity (Wildman–Crippen MR) is 95.6 cm³/mol. The molecule has 0 saturated carbocycles. The number of rotatable bonds is 4. The highest BCUT2D eigenvalue weighted by Gasteiger charge is 2.29. The molecule has 0 aliphatic rings. The Bertz CT molecular complexity index is 773. The zero-order valence-electron chi connectivity index (χ0n) is 14.8. The summed E-state index contributed by atoms with van der Waals surface area (Å²) in [5, 5.41) is 18.2. The van der Waals surface area contributed by atoms with E-state index in [2.05, 4.69) is 16.0 Å². The summed E-state index contributed by atoms with van der Waals surface area (Å²) >= 11 is 0. The van der Waals surface area contributed by atoms with Crippen LogP contribution in [0.15, 0.2) is 36.7 Å². The van der Waals surface area contributed by atoms with Crippen molar-refractivity contribution in [2.45, 2.75) is 32.9 Å². The molecule has 7 nitrogen and oxygen atoms in total. The van der Waals surface area contributed by atoms with Gasteiger partial charge in [0.1, 0.15) is 0 Å². The SMILES string of the molecule is CN(Cc1cnc(N(C(=O)O)C(C)(C)C)cn1)c1ccc(C#N)cc1. The van der Waals surface area contributed by atoms with E-state index in [1.54, 1.807) is 39.1 Å². The van der Waals surface area contributed by atoms with Crippen LogP contribution < -0.4 is 9.80 Å². The predicted octanol–water partition coefficient (Wildman–Crippen LogP) is 3.27. The van der Waals surface area contributed by atoms with Gasteiger partial charge >= 0.3 is 6.09 Å². The molecule has 0 aliphatic carbocycles. The van der Waals surface area contributed by atoms with Crippen molar-refractivity contribution < 1.29 is 9.90 Å². The summed E-state index contributed by atoms with van der Waals surface area (Å²) in [4.78, 5) is 23.2. The zero-order chi connectivity index (χ0) is 18.6. The molecule has 2 aromatic rings. The minimum absolute atomic E-state index is 0.296. The van der Waals surface area contributed by atoms with Crippen molar-refractivity contribution in [3.05, 3.63) is 47.9 Å². The van der Waals surface area contributed by atoms with E-state index >= 15 is 0 Å². The molecule has 0 aliphatic heterocycles. The molecule has 1 N–H and O–H groups in total. The van der Waals surface area contributed by atoms with Gasteiger partial charge in [-0.3, -0.25) is 9.88 Å². The minimum atomic E-state index is -1.07. The van der Waals surface area contributed by atoms with Crippen LogP contribution in [0.2, 0.25) is 0 Å². The molecule has 1 aromatic carbocycles. The van der Waals surface area contributed by atoms with Crippen LogP contribution in [0.3, 0.4) is 0 Å². The number of amides is 1. The number of carbonyl (C=O) groups is 1. The van der Waals surface area contributed by atoms with Gasteiger partial charge in [0, 0.05) is 18.3 Å². The lowest BCUT2D eigenvalue weighted by Crippen LogP contribution is -2.45. The number of aromatic nitrogens is 2. The molecule has 7 heteroatoms. The van der Waals surface area contributed by atoms with E-state index < -0.39 is 11.6 Å². The Hall–Kier alpha value is -3.14. The molecule has 0 spiro atoms. The molecule has 0 bridgehead atoms. The van der Waals surface area contributed by atoms with E-state index in [0.717, 1.165) is 11.4 Å². The van der Waals surface area contributed by atoms with Gasteiger partial charge in [-0.05, 0) is 45.0 Å². The van der Waals surface area contributed by atoms with Crippen LogP contribution in [-0.2, 0) is 6.54 Å². The Morgan fingerprint density at radius 1 is 1.20 bits per heavy atom. The normalized spacial score (nSPS) is 10.8. The Kier molecular flexibility index (Phi) is 5.22. The van der Waals surface area contributed by atoms with E-state index in [4.69, 9.17) is 5.26 Å². The van der Waals surface area contributed by atoms with E-state index in [1.807, 2.05) is 24.1 Å². The summed E-state index contributed by atoms with van der Waals surface area (Å²) in [5.41, 5.74) is 1.67. The molecule has 0 saturated heterocycles. The Morgan fingerprint density at radius 3 is 2.28 bits per heavy atom. The first-order chi connectivity index (χ1) is 11.7. The quantitative estimate of drug-likeness (QED) is 0.919. The highest BCUT2D eigenvalue weighted by molar-refractivity contribution is 5.85. The van der Waals surface area contributed by atoms with Crippen molar-refractivity contribution in [3.8, 4) is 6.07 Å². The van der Waals surface area contributed by atoms with Crippen molar-refractivity contribution >= 4 is 17.6 Å². The number of nitrogens with zero attached hydrogens (tertiary/aromatic N) is 5. The van der Waals surface area contributed by atoms with Gasteiger partial charge in [-0.1, -0.05) is 0 Å². The van der Waals surface area contributed by atoms with Gasteiger partial charge in [0.25, 0.3) is 0 Å². The van der Waals surface area contributed by atoms with E-state index in [0.29, 0.717) is 17.9 Å².